The zero-order valence-electron chi connectivity index (χ0n) is 12.3. The van der Waals surface area contributed by atoms with Crippen molar-refractivity contribution < 1.29 is 14.3 Å². The Morgan fingerprint density at radius 2 is 1.72 bits per heavy atom. The summed E-state index contributed by atoms with van der Waals surface area (Å²) in [5, 5.41) is 0. The smallest absolute Gasteiger partial charge is 0.170 e. The van der Waals surface area contributed by atoms with Crippen molar-refractivity contribution in [3.63, 3.8) is 0 Å². The highest BCUT2D eigenvalue weighted by Gasteiger charge is 2.55. The molecular formula is C15H26O3. The van der Waals surface area contributed by atoms with Crippen LogP contribution in [0, 0.1) is 5.92 Å². The van der Waals surface area contributed by atoms with E-state index in [-0.39, 0.29) is 22.9 Å². The highest BCUT2D eigenvalue weighted by molar-refractivity contribution is 5.91. The first kappa shape index (κ1) is 14.0. The van der Waals surface area contributed by atoms with E-state index in [0.717, 1.165) is 32.1 Å². The Bertz CT molecular complexity index is 338. The molecule has 3 nitrogen and oxygen atoms in total. The van der Waals surface area contributed by atoms with Crippen LogP contribution in [0.3, 0.4) is 0 Å². The largest absolute Gasteiger partial charge is 0.370 e. The van der Waals surface area contributed by atoms with E-state index >= 15 is 0 Å². The molecular weight excluding hydrogens is 228 g/mol. The first-order valence-electron chi connectivity index (χ1n) is 7.02. The minimum atomic E-state index is -0.536. The Balaban J connectivity index is 2.23. The lowest BCUT2D eigenvalue weighted by atomic mass is 9.77. The van der Waals surface area contributed by atoms with Crippen LogP contribution in [0.4, 0.5) is 0 Å². The summed E-state index contributed by atoms with van der Waals surface area (Å²) < 4.78 is 11.7. The second-order valence-corrected chi connectivity index (χ2v) is 6.99. The molecule has 1 saturated heterocycles. The van der Waals surface area contributed by atoms with Gasteiger partial charge in [-0.25, -0.2) is 0 Å². The first-order valence-corrected chi connectivity index (χ1v) is 7.02. The highest BCUT2D eigenvalue weighted by atomic mass is 16.5. The topological polar surface area (TPSA) is 35.5 Å². The molecule has 2 rings (SSSR count). The van der Waals surface area contributed by atoms with E-state index in [2.05, 4.69) is 13.8 Å². The van der Waals surface area contributed by atoms with Crippen LogP contribution in [0.1, 0.15) is 59.8 Å². The Morgan fingerprint density at radius 3 is 2.11 bits per heavy atom. The molecule has 1 atom stereocenters. The SMILES string of the molecule is COC1(C(=O)C2CC(C)(C)OC2(C)C)CCCC1. The maximum Gasteiger partial charge on any atom is 0.170 e. The van der Waals surface area contributed by atoms with Crippen LogP contribution in [0.25, 0.3) is 0 Å². The number of rotatable bonds is 3. The number of ketones is 1. The lowest BCUT2D eigenvalue weighted by Crippen LogP contribution is -2.47. The molecule has 0 aromatic carbocycles. The van der Waals surface area contributed by atoms with Gasteiger partial charge in [-0.1, -0.05) is 0 Å². The molecule has 0 spiro atoms. The summed E-state index contributed by atoms with van der Waals surface area (Å²) in [4.78, 5) is 12.9. The molecule has 0 radical (unpaired) electrons. The highest BCUT2D eigenvalue weighted by Crippen LogP contribution is 2.47. The summed E-state index contributed by atoms with van der Waals surface area (Å²) in [6, 6.07) is 0. The van der Waals surface area contributed by atoms with Crippen LogP contribution in [-0.2, 0) is 14.3 Å². The zero-order valence-corrected chi connectivity index (χ0v) is 12.3. The fourth-order valence-electron chi connectivity index (χ4n) is 3.79. The minimum absolute atomic E-state index is 0.0504. The average molecular weight is 254 g/mol. The van der Waals surface area contributed by atoms with E-state index in [1.54, 1.807) is 7.11 Å². The number of carbonyl (C=O) groups excluding carboxylic acids is 1. The summed E-state index contributed by atoms with van der Waals surface area (Å²) in [6.45, 7) is 8.19. The minimum Gasteiger partial charge on any atom is -0.370 e. The van der Waals surface area contributed by atoms with E-state index in [0.29, 0.717) is 0 Å². The van der Waals surface area contributed by atoms with Gasteiger partial charge >= 0.3 is 0 Å². The quantitative estimate of drug-likeness (QED) is 0.776. The van der Waals surface area contributed by atoms with Crippen LogP contribution >= 0.6 is 0 Å². The van der Waals surface area contributed by atoms with Gasteiger partial charge in [0.15, 0.2) is 5.78 Å². The van der Waals surface area contributed by atoms with Crippen LogP contribution < -0.4 is 0 Å². The average Bonchev–Trinajstić information content (AvgIpc) is 2.80. The van der Waals surface area contributed by atoms with Gasteiger partial charge in [0.1, 0.15) is 5.60 Å². The summed E-state index contributed by atoms with van der Waals surface area (Å²) in [7, 11) is 1.68. The van der Waals surface area contributed by atoms with E-state index < -0.39 is 5.60 Å². The maximum atomic E-state index is 12.9. The van der Waals surface area contributed by atoms with E-state index in [1.165, 1.54) is 0 Å². The standard InChI is InChI=1S/C15H26O3/c1-13(2)10-11(14(3,4)18-13)12(16)15(17-5)8-6-7-9-15/h11H,6-10H2,1-5H3. The molecule has 0 amide bonds. The lowest BCUT2D eigenvalue weighted by Gasteiger charge is -2.33. The van der Waals surface area contributed by atoms with Crippen molar-refractivity contribution in [2.75, 3.05) is 7.11 Å². The third kappa shape index (κ3) is 2.23. The summed E-state index contributed by atoms with van der Waals surface area (Å²) in [5.41, 5.74) is -1.13. The van der Waals surface area contributed by atoms with Crippen molar-refractivity contribution in [1.82, 2.24) is 0 Å². The number of carbonyl (C=O) groups is 1. The second-order valence-electron chi connectivity index (χ2n) is 6.99. The summed E-state index contributed by atoms with van der Waals surface area (Å²) in [6.07, 6.45) is 4.72. The molecule has 18 heavy (non-hydrogen) atoms. The maximum absolute atomic E-state index is 12.9. The van der Waals surface area contributed by atoms with Gasteiger partial charge in [0.2, 0.25) is 0 Å². The predicted octanol–water partition coefficient (Wildman–Crippen LogP) is 3.11. The summed E-state index contributed by atoms with van der Waals surface area (Å²) in [5.74, 6) is 0.212. The fourth-order valence-corrected chi connectivity index (χ4v) is 3.79. The Kier molecular flexibility index (Phi) is 3.35. The molecule has 1 aliphatic carbocycles. The Morgan fingerprint density at radius 1 is 1.17 bits per heavy atom. The van der Waals surface area contributed by atoms with Crippen molar-refractivity contribution in [1.29, 1.82) is 0 Å². The molecule has 104 valence electrons. The van der Waals surface area contributed by atoms with Gasteiger partial charge in [0, 0.05) is 7.11 Å². The molecule has 2 aliphatic rings. The summed E-state index contributed by atoms with van der Waals surface area (Å²) >= 11 is 0. The zero-order chi connectivity index (χ0) is 13.6. The number of hydrogen-bond donors (Lipinski definition) is 0. The molecule has 3 heteroatoms. The van der Waals surface area contributed by atoms with Gasteiger partial charge in [-0.05, 0) is 59.8 Å². The van der Waals surface area contributed by atoms with Gasteiger partial charge < -0.3 is 9.47 Å². The van der Waals surface area contributed by atoms with Gasteiger partial charge in [0.25, 0.3) is 0 Å². The van der Waals surface area contributed by atoms with Crippen LogP contribution in [-0.4, -0.2) is 29.7 Å². The molecule has 0 aromatic heterocycles. The van der Waals surface area contributed by atoms with Crippen LogP contribution in [0.15, 0.2) is 0 Å². The predicted molar refractivity (Wildman–Crippen MR) is 70.6 cm³/mol. The molecule has 1 saturated carbocycles. The van der Waals surface area contributed by atoms with Crippen molar-refractivity contribution in [2.24, 2.45) is 5.92 Å². The normalized spacial score (nSPS) is 32.6. The fraction of sp³-hybridized carbons (Fsp3) is 0.933. The molecule has 0 bridgehead atoms. The molecule has 1 unspecified atom stereocenters. The van der Waals surface area contributed by atoms with Gasteiger partial charge in [-0.3, -0.25) is 4.79 Å². The van der Waals surface area contributed by atoms with E-state index in [9.17, 15) is 4.79 Å². The van der Waals surface area contributed by atoms with E-state index in [1.807, 2.05) is 13.8 Å². The third-order valence-corrected chi connectivity index (χ3v) is 4.64. The van der Waals surface area contributed by atoms with Crippen molar-refractivity contribution >= 4 is 5.78 Å². The van der Waals surface area contributed by atoms with Crippen molar-refractivity contribution in [3.8, 4) is 0 Å². The van der Waals surface area contributed by atoms with Gasteiger partial charge in [0.05, 0.1) is 17.1 Å². The Hall–Kier alpha value is -0.410. The number of Topliss-reactive ketones (excluding diaryl/α,β-unsaturated/α-hetero) is 1. The molecule has 0 aromatic rings. The monoisotopic (exact) mass is 254 g/mol. The van der Waals surface area contributed by atoms with E-state index in [4.69, 9.17) is 9.47 Å². The third-order valence-electron chi connectivity index (χ3n) is 4.64. The number of methoxy groups -OCH3 is 1. The van der Waals surface area contributed by atoms with Crippen molar-refractivity contribution in [2.45, 2.75) is 76.6 Å². The molecule has 2 fully saturated rings. The van der Waals surface area contributed by atoms with Crippen LogP contribution in [0.2, 0.25) is 0 Å². The molecule has 1 aliphatic heterocycles. The first-order chi connectivity index (χ1) is 8.22. The van der Waals surface area contributed by atoms with Crippen LogP contribution in [0.5, 0.6) is 0 Å². The molecule has 0 N–H and O–H groups in total. The second kappa shape index (κ2) is 4.31. The van der Waals surface area contributed by atoms with Gasteiger partial charge in [-0.2, -0.15) is 0 Å². The van der Waals surface area contributed by atoms with Crippen molar-refractivity contribution in [3.05, 3.63) is 0 Å². The lowest BCUT2D eigenvalue weighted by molar-refractivity contribution is -0.150. The Labute approximate surface area is 110 Å². The molecule has 1 heterocycles. The number of hydrogen-bond acceptors (Lipinski definition) is 3. The number of ether oxygens (including phenoxy) is 2. The van der Waals surface area contributed by atoms with Gasteiger partial charge in [-0.15, -0.1) is 0 Å².